The van der Waals surface area contributed by atoms with Gasteiger partial charge in [0.2, 0.25) is 0 Å². The van der Waals surface area contributed by atoms with Gasteiger partial charge < -0.3 is 15.3 Å². The summed E-state index contributed by atoms with van der Waals surface area (Å²) < 4.78 is 0. The number of carbonyl (C=O) groups is 1. The number of nitrogens with one attached hydrogen (secondary N) is 1. The summed E-state index contributed by atoms with van der Waals surface area (Å²) in [7, 11) is 0. The smallest absolute Gasteiger partial charge is 0.431 e. The Morgan fingerprint density at radius 1 is 1.07 bits per heavy atom. The van der Waals surface area contributed by atoms with Crippen molar-refractivity contribution in [2.75, 3.05) is 45.8 Å². The van der Waals surface area contributed by atoms with Crippen molar-refractivity contribution < 1.29 is 15.1 Å². The van der Waals surface area contributed by atoms with E-state index in [0.717, 1.165) is 44.6 Å². The van der Waals surface area contributed by atoms with Crippen LogP contribution >= 0.6 is 0 Å². The van der Waals surface area contributed by atoms with Crippen LogP contribution in [0.5, 0.6) is 0 Å². The first-order valence-electron chi connectivity index (χ1n) is 10.6. The van der Waals surface area contributed by atoms with E-state index in [2.05, 4.69) is 15.1 Å². The minimum atomic E-state index is -1.29. The molecule has 2 atom stereocenters. The molecule has 2 saturated heterocycles. The van der Waals surface area contributed by atoms with Crippen molar-refractivity contribution in [3.05, 3.63) is 35.9 Å². The van der Waals surface area contributed by atoms with Crippen molar-refractivity contribution in [2.45, 2.75) is 44.2 Å². The van der Waals surface area contributed by atoms with E-state index in [-0.39, 0.29) is 6.04 Å². The molecular weight excluding hydrogens is 356 g/mol. The molecule has 1 aromatic carbocycles. The van der Waals surface area contributed by atoms with E-state index in [4.69, 9.17) is 0 Å². The normalized spacial score (nSPS) is 20.3. The molecule has 156 valence electrons. The lowest BCUT2D eigenvalue weighted by Crippen LogP contribution is -2.56. The van der Waals surface area contributed by atoms with Gasteiger partial charge in [-0.15, -0.1) is 0 Å². The topological polar surface area (TPSA) is 79.3 Å². The molecule has 2 heterocycles. The Balaban J connectivity index is 1.66. The zero-order valence-electron chi connectivity index (χ0n) is 16.7. The molecule has 0 bridgehead atoms. The highest BCUT2D eigenvalue weighted by Gasteiger charge is 2.35. The van der Waals surface area contributed by atoms with Gasteiger partial charge in [0.15, 0.2) is 0 Å². The Bertz CT molecular complexity index is 589. The molecule has 2 aliphatic rings. The van der Waals surface area contributed by atoms with Crippen LogP contribution in [0.25, 0.3) is 0 Å². The zero-order chi connectivity index (χ0) is 19.8. The molecule has 7 heteroatoms. The Kier molecular flexibility index (Phi) is 8.09. The van der Waals surface area contributed by atoms with Crippen LogP contribution in [0.4, 0.5) is 4.79 Å². The van der Waals surface area contributed by atoms with Crippen LogP contribution in [0.2, 0.25) is 0 Å². The minimum absolute atomic E-state index is 0.0533. The molecule has 0 aromatic heterocycles. The van der Waals surface area contributed by atoms with E-state index in [1.807, 2.05) is 30.3 Å². The molecule has 28 heavy (non-hydrogen) atoms. The van der Waals surface area contributed by atoms with Crippen LogP contribution in [0.1, 0.15) is 31.2 Å². The number of nitrogens with zero attached hydrogens (tertiary/aromatic N) is 3. The first-order valence-corrected chi connectivity index (χ1v) is 10.6. The summed E-state index contributed by atoms with van der Waals surface area (Å²) in [5.74, 6) is 0. The lowest BCUT2D eigenvalue weighted by Gasteiger charge is -2.37. The molecule has 2 fully saturated rings. The van der Waals surface area contributed by atoms with Gasteiger partial charge in [0.05, 0.1) is 6.04 Å². The Labute approximate surface area is 167 Å². The van der Waals surface area contributed by atoms with E-state index in [1.165, 1.54) is 25.9 Å². The van der Waals surface area contributed by atoms with Gasteiger partial charge in [-0.3, -0.25) is 10.1 Å². The van der Waals surface area contributed by atoms with E-state index in [9.17, 15) is 15.1 Å². The highest BCUT2D eigenvalue weighted by atomic mass is 16.6. The number of rotatable bonds is 10. The summed E-state index contributed by atoms with van der Waals surface area (Å²) >= 11 is 0. The number of amides is 1. The second kappa shape index (κ2) is 10.8. The molecule has 3 N–H and O–H groups in total. The van der Waals surface area contributed by atoms with Crippen molar-refractivity contribution in [1.29, 1.82) is 0 Å². The van der Waals surface area contributed by atoms with Gasteiger partial charge in [-0.25, -0.2) is 4.79 Å². The quantitative estimate of drug-likeness (QED) is 0.323. The molecule has 0 spiro atoms. The molecule has 7 nitrogen and oxygen atoms in total. The minimum Gasteiger partial charge on any atom is -0.463 e. The molecule has 0 saturated carbocycles. The molecular formula is C21H34N4O3. The second-order valence-corrected chi connectivity index (χ2v) is 7.95. The van der Waals surface area contributed by atoms with Crippen molar-refractivity contribution in [3.63, 3.8) is 0 Å². The van der Waals surface area contributed by atoms with Crippen LogP contribution in [-0.2, 0) is 6.42 Å². The van der Waals surface area contributed by atoms with Crippen LogP contribution in [0, 0.1) is 0 Å². The van der Waals surface area contributed by atoms with Crippen molar-refractivity contribution in [3.8, 4) is 0 Å². The summed E-state index contributed by atoms with van der Waals surface area (Å²) in [6.45, 7) is 6.86. The van der Waals surface area contributed by atoms with Crippen LogP contribution in [0.15, 0.2) is 30.3 Å². The Hall–Kier alpha value is -1.67. The average molecular weight is 391 g/mol. The number of benzene rings is 1. The molecule has 0 unspecified atom stereocenters. The third-order valence-corrected chi connectivity index (χ3v) is 6.01. The third-order valence-electron chi connectivity index (χ3n) is 6.01. The van der Waals surface area contributed by atoms with Gasteiger partial charge in [0, 0.05) is 25.7 Å². The van der Waals surface area contributed by atoms with Crippen LogP contribution in [0.3, 0.4) is 0 Å². The fourth-order valence-corrected chi connectivity index (χ4v) is 4.46. The average Bonchev–Trinajstić information content (AvgIpc) is 3.41. The van der Waals surface area contributed by atoms with Gasteiger partial charge in [0.25, 0.3) is 0 Å². The maximum absolute atomic E-state index is 11.6. The number of likely N-dealkylation sites (tertiary alicyclic amines) is 2. The van der Waals surface area contributed by atoms with Crippen molar-refractivity contribution in [1.82, 2.24) is 20.2 Å². The van der Waals surface area contributed by atoms with Gasteiger partial charge in [0.1, 0.15) is 0 Å². The second-order valence-electron chi connectivity index (χ2n) is 7.95. The first kappa shape index (κ1) is 21.0. The maximum Gasteiger partial charge on any atom is 0.431 e. The number of hydroxylamine groups is 2. The summed E-state index contributed by atoms with van der Waals surface area (Å²) in [5.41, 5.74) is 1.04. The zero-order valence-corrected chi connectivity index (χ0v) is 16.7. The van der Waals surface area contributed by atoms with Crippen LogP contribution in [-0.4, -0.2) is 89.2 Å². The summed E-state index contributed by atoms with van der Waals surface area (Å²) in [5, 5.41) is 23.9. The van der Waals surface area contributed by atoms with Crippen LogP contribution < -0.4 is 5.32 Å². The van der Waals surface area contributed by atoms with E-state index >= 15 is 0 Å². The highest BCUT2D eigenvalue weighted by molar-refractivity contribution is 5.64. The SMILES string of the molecule is O=C(O)N(O)[C@@H](Cc1ccccc1)[C@@H](CNCCN1CCCC1)N1CCCC1. The lowest BCUT2D eigenvalue weighted by atomic mass is 9.97. The lowest BCUT2D eigenvalue weighted by molar-refractivity contribution is -0.115. The van der Waals surface area contributed by atoms with Gasteiger partial charge >= 0.3 is 6.09 Å². The summed E-state index contributed by atoms with van der Waals surface area (Å²) in [6, 6.07) is 9.28. The number of hydrogen-bond donors (Lipinski definition) is 3. The number of hydrogen-bond acceptors (Lipinski definition) is 5. The summed E-state index contributed by atoms with van der Waals surface area (Å²) in [6.07, 6.45) is 4.03. The first-order chi connectivity index (χ1) is 13.6. The molecule has 0 aliphatic carbocycles. The Morgan fingerprint density at radius 3 is 2.36 bits per heavy atom. The molecule has 1 aromatic rings. The van der Waals surface area contributed by atoms with E-state index in [1.54, 1.807) is 0 Å². The van der Waals surface area contributed by atoms with Crippen molar-refractivity contribution in [2.24, 2.45) is 0 Å². The number of carboxylic acid groups (broad SMARTS) is 1. The molecule has 3 rings (SSSR count). The predicted octanol–water partition coefficient (Wildman–Crippen LogP) is 2.12. The van der Waals surface area contributed by atoms with Crippen molar-refractivity contribution >= 4 is 6.09 Å². The fourth-order valence-electron chi connectivity index (χ4n) is 4.46. The van der Waals surface area contributed by atoms with Gasteiger partial charge in [-0.2, -0.15) is 5.06 Å². The monoisotopic (exact) mass is 390 g/mol. The molecule has 0 radical (unpaired) electrons. The van der Waals surface area contributed by atoms with E-state index in [0.29, 0.717) is 18.0 Å². The molecule has 1 amide bonds. The predicted molar refractivity (Wildman–Crippen MR) is 109 cm³/mol. The molecule has 2 aliphatic heterocycles. The third kappa shape index (κ3) is 5.91. The van der Waals surface area contributed by atoms with Gasteiger partial charge in [-0.1, -0.05) is 30.3 Å². The highest BCUT2D eigenvalue weighted by Crippen LogP contribution is 2.20. The standard InChI is InChI=1S/C21H34N4O3/c26-21(27)25(28)19(16-18-8-2-1-3-9-18)20(24-13-6-7-14-24)17-22-10-15-23-11-4-5-12-23/h1-3,8-9,19-20,22,28H,4-7,10-17H2,(H,26,27)/t19-,20+/m0/s1. The Morgan fingerprint density at radius 2 is 1.71 bits per heavy atom. The maximum atomic E-state index is 11.6. The largest absolute Gasteiger partial charge is 0.463 e. The summed E-state index contributed by atoms with van der Waals surface area (Å²) in [4.78, 5) is 16.4. The van der Waals surface area contributed by atoms with Gasteiger partial charge in [-0.05, 0) is 63.8 Å². The van der Waals surface area contributed by atoms with E-state index < -0.39 is 12.1 Å². The fraction of sp³-hybridized carbons (Fsp3) is 0.667.